The number of carbonyl (C=O) groups is 1. The van der Waals surface area contributed by atoms with E-state index < -0.39 is 4.92 Å². The number of nitrogens with one attached hydrogen (secondary N) is 1. The van der Waals surface area contributed by atoms with Crippen molar-refractivity contribution >= 4 is 28.9 Å². The number of carbonyl (C=O) groups excluding carboxylic acids is 1. The van der Waals surface area contributed by atoms with Gasteiger partial charge in [-0.25, -0.2) is 0 Å². The fourth-order valence-corrected chi connectivity index (χ4v) is 2.72. The lowest BCUT2D eigenvalue weighted by Crippen LogP contribution is -2.29. The second-order valence-electron chi connectivity index (χ2n) is 5.83. The van der Waals surface area contributed by atoms with Crippen LogP contribution in [0.2, 0.25) is 5.02 Å². The maximum absolute atomic E-state index is 12.2. The first-order chi connectivity index (χ1) is 12.8. The summed E-state index contributed by atoms with van der Waals surface area (Å²) in [6, 6.07) is 9.44. The van der Waals surface area contributed by atoms with Crippen LogP contribution in [0.15, 0.2) is 36.4 Å². The van der Waals surface area contributed by atoms with E-state index in [4.69, 9.17) is 21.1 Å². The number of hydrogen-bond acceptors (Lipinski definition) is 6. The summed E-state index contributed by atoms with van der Waals surface area (Å²) in [6.45, 7) is 0.628. The van der Waals surface area contributed by atoms with Gasteiger partial charge in [-0.15, -0.1) is 0 Å². The van der Waals surface area contributed by atoms with Gasteiger partial charge in [-0.1, -0.05) is 17.7 Å². The van der Waals surface area contributed by atoms with Crippen molar-refractivity contribution in [2.75, 3.05) is 33.1 Å². The number of ether oxygens (including phenoxy) is 2. The summed E-state index contributed by atoms with van der Waals surface area (Å²) < 4.78 is 10.5. The Kier molecular flexibility index (Phi) is 6.98. The zero-order valence-electron chi connectivity index (χ0n) is 15.2. The van der Waals surface area contributed by atoms with E-state index in [0.717, 1.165) is 5.56 Å². The van der Waals surface area contributed by atoms with E-state index in [1.165, 1.54) is 18.2 Å². The Labute approximate surface area is 161 Å². The molecule has 9 heteroatoms. The first-order valence-corrected chi connectivity index (χ1v) is 8.35. The van der Waals surface area contributed by atoms with E-state index in [1.54, 1.807) is 27.3 Å². The first-order valence-electron chi connectivity index (χ1n) is 7.97. The summed E-state index contributed by atoms with van der Waals surface area (Å²) in [5.41, 5.74) is 1.15. The SMILES string of the molecule is COc1ccc(CN(C)CC(=O)Nc2ccc([N+](=O)[O-])cc2Cl)cc1OC. The predicted molar refractivity (Wildman–Crippen MR) is 103 cm³/mol. The largest absolute Gasteiger partial charge is 0.493 e. The number of benzene rings is 2. The van der Waals surface area contributed by atoms with Crippen molar-refractivity contribution in [3.05, 3.63) is 57.1 Å². The zero-order valence-corrected chi connectivity index (χ0v) is 15.9. The van der Waals surface area contributed by atoms with Gasteiger partial charge >= 0.3 is 0 Å². The molecule has 27 heavy (non-hydrogen) atoms. The number of nitrogens with zero attached hydrogens (tertiary/aromatic N) is 2. The molecule has 0 radical (unpaired) electrons. The van der Waals surface area contributed by atoms with Gasteiger partial charge in [0.25, 0.3) is 5.69 Å². The first kappa shape index (κ1) is 20.5. The molecular weight excluding hydrogens is 374 g/mol. The summed E-state index contributed by atoms with van der Waals surface area (Å²) in [7, 11) is 4.93. The van der Waals surface area contributed by atoms with Gasteiger partial charge in [-0.2, -0.15) is 0 Å². The average Bonchev–Trinajstić information content (AvgIpc) is 2.62. The molecule has 0 atom stereocenters. The number of nitro groups is 1. The number of hydrogen-bond donors (Lipinski definition) is 1. The highest BCUT2D eigenvalue weighted by Gasteiger charge is 2.13. The topological polar surface area (TPSA) is 93.9 Å². The molecular formula is C18H20ClN3O5. The van der Waals surface area contributed by atoms with Crippen LogP contribution in [0.5, 0.6) is 11.5 Å². The van der Waals surface area contributed by atoms with Gasteiger partial charge in [0.2, 0.25) is 5.91 Å². The fourth-order valence-electron chi connectivity index (χ4n) is 2.50. The molecule has 0 saturated heterocycles. The average molecular weight is 394 g/mol. The minimum absolute atomic E-state index is 0.111. The van der Waals surface area contributed by atoms with E-state index in [1.807, 2.05) is 17.0 Å². The van der Waals surface area contributed by atoms with Crippen LogP contribution in [0.25, 0.3) is 0 Å². The number of anilines is 1. The Morgan fingerprint density at radius 1 is 1.19 bits per heavy atom. The van der Waals surface area contributed by atoms with Crippen molar-refractivity contribution in [3.8, 4) is 11.5 Å². The summed E-state index contributed by atoms with van der Waals surface area (Å²) in [5.74, 6) is 0.966. The van der Waals surface area contributed by atoms with E-state index in [2.05, 4.69) is 5.32 Å². The number of non-ortho nitro benzene ring substituents is 1. The van der Waals surface area contributed by atoms with Crippen LogP contribution in [0.1, 0.15) is 5.56 Å². The zero-order chi connectivity index (χ0) is 20.0. The second-order valence-corrected chi connectivity index (χ2v) is 6.24. The quantitative estimate of drug-likeness (QED) is 0.546. The Hall–Kier alpha value is -2.84. The van der Waals surface area contributed by atoms with Crippen molar-refractivity contribution in [1.29, 1.82) is 0 Å². The molecule has 144 valence electrons. The predicted octanol–water partition coefficient (Wildman–Crippen LogP) is 3.34. The molecule has 0 unspecified atom stereocenters. The highest BCUT2D eigenvalue weighted by atomic mass is 35.5. The van der Waals surface area contributed by atoms with Crippen molar-refractivity contribution in [1.82, 2.24) is 4.90 Å². The summed E-state index contributed by atoms with van der Waals surface area (Å²) >= 11 is 5.99. The van der Waals surface area contributed by atoms with Gasteiger partial charge in [-0.3, -0.25) is 19.8 Å². The van der Waals surface area contributed by atoms with Crippen LogP contribution in [0.3, 0.4) is 0 Å². The number of likely N-dealkylation sites (N-methyl/N-ethyl adjacent to an activating group) is 1. The Bertz CT molecular complexity index is 844. The lowest BCUT2D eigenvalue weighted by atomic mass is 10.2. The Morgan fingerprint density at radius 3 is 2.48 bits per heavy atom. The van der Waals surface area contributed by atoms with Crippen LogP contribution in [-0.4, -0.2) is 43.5 Å². The van der Waals surface area contributed by atoms with Crippen molar-refractivity contribution in [2.45, 2.75) is 6.54 Å². The fraction of sp³-hybridized carbons (Fsp3) is 0.278. The lowest BCUT2D eigenvalue weighted by molar-refractivity contribution is -0.384. The molecule has 1 N–H and O–H groups in total. The molecule has 1 amide bonds. The molecule has 2 aromatic carbocycles. The van der Waals surface area contributed by atoms with Crippen LogP contribution >= 0.6 is 11.6 Å². The normalized spacial score (nSPS) is 10.6. The molecule has 0 aliphatic heterocycles. The summed E-state index contributed by atoms with van der Waals surface area (Å²) in [6.07, 6.45) is 0. The highest BCUT2D eigenvalue weighted by Crippen LogP contribution is 2.28. The van der Waals surface area contributed by atoms with Crippen LogP contribution < -0.4 is 14.8 Å². The van der Waals surface area contributed by atoms with Gasteiger partial charge < -0.3 is 14.8 Å². The molecule has 0 aliphatic rings. The monoisotopic (exact) mass is 393 g/mol. The number of nitro benzene ring substituents is 1. The van der Waals surface area contributed by atoms with E-state index in [9.17, 15) is 14.9 Å². The molecule has 8 nitrogen and oxygen atoms in total. The van der Waals surface area contributed by atoms with Crippen LogP contribution in [0.4, 0.5) is 11.4 Å². The Morgan fingerprint density at radius 2 is 1.89 bits per heavy atom. The lowest BCUT2D eigenvalue weighted by Gasteiger charge is -2.17. The van der Waals surface area contributed by atoms with E-state index in [-0.39, 0.29) is 23.2 Å². The Balaban J connectivity index is 1.97. The van der Waals surface area contributed by atoms with E-state index in [0.29, 0.717) is 23.7 Å². The molecule has 2 rings (SSSR count). The summed E-state index contributed by atoms with van der Waals surface area (Å²) in [5, 5.41) is 13.5. The smallest absolute Gasteiger partial charge is 0.271 e. The summed E-state index contributed by atoms with van der Waals surface area (Å²) in [4.78, 5) is 24.2. The van der Waals surface area contributed by atoms with Crippen LogP contribution in [0, 0.1) is 10.1 Å². The van der Waals surface area contributed by atoms with E-state index >= 15 is 0 Å². The number of rotatable bonds is 8. The number of methoxy groups -OCH3 is 2. The third-order valence-electron chi connectivity index (χ3n) is 3.75. The van der Waals surface area contributed by atoms with Crippen LogP contribution in [-0.2, 0) is 11.3 Å². The molecule has 2 aromatic rings. The minimum Gasteiger partial charge on any atom is -0.493 e. The maximum atomic E-state index is 12.2. The van der Waals surface area contributed by atoms with Gasteiger partial charge in [0, 0.05) is 18.7 Å². The second kappa shape index (κ2) is 9.20. The van der Waals surface area contributed by atoms with Crippen molar-refractivity contribution in [3.63, 3.8) is 0 Å². The molecule has 0 saturated carbocycles. The standard InChI is InChI=1S/C18H20ClN3O5/c1-21(10-12-4-7-16(26-2)17(8-12)27-3)11-18(23)20-15-6-5-13(22(24)25)9-14(15)19/h4-9H,10-11H2,1-3H3,(H,20,23). The number of halogens is 1. The third kappa shape index (κ3) is 5.57. The van der Waals surface area contributed by atoms with Gasteiger partial charge in [0.05, 0.1) is 36.4 Å². The highest BCUT2D eigenvalue weighted by molar-refractivity contribution is 6.34. The number of amides is 1. The van der Waals surface area contributed by atoms with Gasteiger partial charge in [0.1, 0.15) is 0 Å². The molecule has 0 spiro atoms. The maximum Gasteiger partial charge on any atom is 0.271 e. The molecule has 0 fully saturated rings. The molecule has 0 aliphatic carbocycles. The van der Waals surface area contributed by atoms with Crippen molar-refractivity contribution < 1.29 is 19.2 Å². The molecule has 0 aromatic heterocycles. The van der Waals surface area contributed by atoms with Gasteiger partial charge in [-0.05, 0) is 30.8 Å². The molecule has 0 bridgehead atoms. The molecule has 0 heterocycles. The van der Waals surface area contributed by atoms with Crippen molar-refractivity contribution in [2.24, 2.45) is 0 Å². The van der Waals surface area contributed by atoms with Gasteiger partial charge in [0.15, 0.2) is 11.5 Å². The minimum atomic E-state index is -0.547. The third-order valence-corrected chi connectivity index (χ3v) is 4.06.